The molecule has 0 rings (SSSR count). The number of unbranched alkanes of at least 4 members (excludes halogenated alkanes) is 29. The number of carbonyl (C=O) groups excluding carboxylic acids is 3. The predicted octanol–water partition coefficient (Wildman–Crippen LogP) is 21.3. The van der Waals surface area contributed by atoms with Crippen molar-refractivity contribution in [1.29, 1.82) is 0 Å². The molecule has 0 aromatic heterocycles. The quantitative estimate of drug-likeness (QED) is 0.0261. The first-order chi connectivity index (χ1) is 36.5. The van der Waals surface area contributed by atoms with Crippen molar-refractivity contribution in [3.63, 3.8) is 0 Å². The topological polar surface area (TPSA) is 78.9 Å². The summed E-state index contributed by atoms with van der Waals surface area (Å²) in [7, 11) is 0. The summed E-state index contributed by atoms with van der Waals surface area (Å²) in [5.74, 6) is -0.953. The van der Waals surface area contributed by atoms with Crippen LogP contribution in [0.3, 0.4) is 0 Å². The third-order valence-corrected chi connectivity index (χ3v) is 13.3. The van der Waals surface area contributed by atoms with E-state index in [4.69, 9.17) is 14.2 Å². The number of ether oxygens (including phenoxy) is 3. The van der Waals surface area contributed by atoms with Gasteiger partial charge in [0.15, 0.2) is 6.10 Å². The molecular formula is C68H116O6. The number of hydrogen-bond donors (Lipinski definition) is 0. The molecule has 424 valence electrons. The van der Waals surface area contributed by atoms with Crippen molar-refractivity contribution < 1.29 is 28.6 Å². The molecule has 0 radical (unpaired) electrons. The van der Waals surface area contributed by atoms with Crippen LogP contribution in [-0.4, -0.2) is 37.2 Å². The van der Waals surface area contributed by atoms with E-state index in [-0.39, 0.29) is 37.5 Å². The van der Waals surface area contributed by atoms with Crippen molar-refractivity contribution in [2.45, 2.75) is 303 Å². The van der Waals surface area contributed by atoms with Gasteiger partial charge in [-0.2, -0.15) is 0 Å². The lowest BCUT2D eigenvalue weighted by Crippen LogP contribution is -2.30. The van der Waals surface area contributed by atoms with Crippen molar-refractivity contribution in [1.82, 2.24) is 0 Å². The van der Waals surface area contributed by atoms with E-state index >= 15 is 0 Å². The number of hydrogen-bond acceptors (Lipinski definition) is 6. The lowest BCUT2D eigenvalue weighted by Gasteiger charge is -2.18. The Hall–Kier alpha value is -3.67. The van der Waals surface area contributed by atoms with E-state index < -0.39 is 6.10 Å². The van der Waals surface area contributed by atoms with Gasteiger partial charge in [-0.1, -0.05) is 266 Å². The van der Waals surface area contributed by atoms with Crippen molar-refractivity contribution in [3.8, 4) is 0 Å². The lowest BCUT2D eigenvalue weighted by molar-refractivity contribution is -0.167. The van der Waals surface area contributed by atoms with Crippen LogP contribution >= 0.6 is 0 Å². The minimum atomic E-state index is -0.808. The molecule has 0 aromatic carbocycles. The van der Waals surface area contributed by atoms with Gasteiger partial charge in [0, 0.05) is 19.3 Å². The van der Waals surface area contributed by atoms with Crippen LogP contribution in [0.1, 0.15) is 297 Å². The smallest absolute Gasteiger partial charge is 0.306 e. The molecule has 0 saturated carbocycles. The third-order valence-electron chi connectivity index (χ3n) is 13.3. The average molecular weight is 1030 g/mol. The first-order valence-electron chi connectivity index (χ1n) is 31.2. The van der Waals surface area contributed by atoms with Gasteiger partial charge in [0.1, 0.15) is 13.2 Å². The highest BCUT2D eigenvalue weighted by Crippen LogP contribution is 2.16. The minimum absolute atomic E-state index is 0.0992. The number of carbonyl (C=O) groups is 3. The molecule has 0 aliphatic carbocycles. The Morgan fingerprint density at radius 2 is 0.486 bits per heavy atom. The second-order valence-corrected chi connectivity index (χ2v) is 20.6. The molecule has 0 N–H and O–H groups in total. The molecule has 6 heteroatoms. The second kappa shape index (κ2) is 61.9. The Kier molecular flexibility index (Phi) is 58.8. The average Bonchev–Trinajstić information content (AvgIpc) is 3.40. The monoisotopic (exact) mass is 1030 g/mol. The van der Waals surface area contributed by atoms with Gasteiger partial charge < -0.3 is 14.2 Å². The van der Waals surface area contributed by atoms with Crippen LogP contribution in [-0.2, 0) is 28.6 Å². The van der Waals surface area contributed by atoms with Gasteiger partial charge in [-0.15, -0.1) is 0 Å². The maximum absolute atomic E-state index is 12.9. The molecule has 0 unspecified atom stereocenters. The van der Waals surface area contributed by atoms with Gasteiger partial charge in [0.2, 0.25) is 0 Å². The van der Waals surface area contributed by atoms with Gasteiger partial charge in [0.25, 0.3) is 0 Å². The van der Waals surface area contributed by atoms with E-state index in [2.05, 4.69) is 118 Å². The molecule has 0 heterocycles. The molecule has 0 aliphatic heterocycles. The van der Waals surface area contributed by atoms with Crippen molar-refractivity contribution in [3.05, 3.63) is 97.2 Å². The highest BCUT2D eigenvalue weighted by molar-refractivity contribution is 5.71. The van der Waals surface area contributed by atoms with E-state index in [1.165, 1.54) is 148 Å². The Bertz CT molecular complexity index is 1460. The molecular weight excluding hydrogens is 913 g/mol. The summed E-state index contributed by atoms with van der Waals surface area (Å²) in [6.07, 6.45) is 82.6. The SMILES string of the molecule is CCCCC/C=C/C/C=C/C/C=C/C/C=C/CCCCCC(=O)OC[C@@H](COC(=O)CCCCCCCCCCCCCCCCCCCC)OC(=O)CCCCC/C=C/C/C=C/C/C=C/C/C=C/CCCCC. The van der Waals surface area contributed by atoms with E-state index in [0.29, 0.717) is 12.8 Å². The van der Waals surface area contributed by atoms with E-state index in [0.717, 1.165) is 109 Å². The molecule has 0 bridgehead atoms. The molecule has 0 fully saturated rings. The Labute approximate surface area is 457 Å². The molecule has 0 saturated heterocycles. The molecule has 6 nitrogen and oxygen atoms in total. The molecule has 1 atom stereocenters. The fourth-order valence-corrected chi connectivity index (χ4v) is 8.59. The molecule has 0 spiro atoms. The minimum Gasteiger partial charge on any atom is -0.462 e. The van der Waals surface area contributed by atoms with Crippen LogP contribution in [0.4, 0.5) is 0 Å². The lowest BCUT2D eigenvalue weighted by atomic mass is 10.0. The number of allylic oxidation sites excluding steroid dienone is 16. The first kappa shape index (κ1) is 70.3. The van der Waals surface area contributed by atoms with E-state index in [1.807, 2.05) is 0 Å². The van der Waals surface area contributed by atoms with Gasteiger partial charge in [-0.3, -0.25) is 14.4 Å². The van der Waals surface area contributed by atoms with Crippen LogP contribution in [0.15, 0.2) is 97.2 Å². The van der Waals surface area contributed by atoms with E-state index in [1.54, 1.807) is 0 Å². The summed E-state index contributed by atoms with van der Waals surface area (Å²) in [5.41, 5.74) is 0. The number of esters is 3. The zero-order chi connectivity index (χ0) is 53.6. The highest BCUT2D eigenvalue weighted by atomic mass is 16.6. The summed E-state index contributed by atoms with van der Waals surface area (Å²) >= 11 is 0. The zero-order valence-electron chi connectivity index (χ0n) is 48.6. The predicted molar refractivity (Wildman–Crippen MR) is 320 cm³/mol. The summed E-state index contributed by atoms with van der Waals surface area (Å²) < 4.78 is 16.9. The summed E-state index contributed by atoms with van der Waals surface area (Å²) in [6, 6.07) is 0. The fourth-order valence-electron chi connectivity index (χ4n) is 8.59. The summed E-state index contributed by atoms with van der Waals surface area (Å²) in [6.45, 7) is 6.56. The second-order valence-electron chi connectivity index (χ2n) is 20.6. The van der Waals surface area contributed by atoms with Gasteiger partial charge in [-0.05, 0) is 109 Å². The largest absolute Gasteiger partial charge is 0.462 e. The highest BCUT2D eigenvalue weighted by Gasteiger charge is 2.19. The van der Waals surface area contributed by atoms with E-state index in [9.17, 15) is 14.4 Å². The normalized spacial score (nSPS) is 12.7. The maximum atomic E-state index is 12.9. The van der Waals surface area contributed by atoms with Gasteiger partial charge in [0.05, 0.1) is 0 Å². The van der Waals surface area contributed by atoms with Crippen LogP contribution in [0.2, 0.25) is 0 Å². The number of rotatable bonds is 56. The maximum Gasteiger partial charge on any atom is 0.306 e. The van der Waals surface area contributed by atoms with Crippen LogP contribution in [0, 0.1) is 0 Å². The first-order valence-corrected chi connectivity index (χ1v) is 31.2. The summed E-state index contributed by atoms with van der Waals surface area (Å²) in [4.78, 5) is 38.3. The van der Waals surface area contributed by atoms with Crippen molar-refractivity contribution in [2.24, 2.45) is 0 Å². The van der Waals surface area contributed by atoms with Gasteiger partial charge >= 0.3 is 17.9 Å². The van der Waals surface area contributed by atoms with Crippen molar-refractivity contribution >= 4 is 17.9 Å². The Balaban J connectivity index is 4.50. The van der Waals surface area contributed by atoms with Crippen LogP contribution in [0.25, 0.3) is 0 Å². The fraction of sp³-hybridized carbons (Fsp3) is 0.721. The zero-order valence-corrected chi connectivity index (χ0v) is 48.6. The Morgan fingerprint density at radius 1 is 0.270 bits per heavy atom. The third kappa shape index (κ3) is 59.2. The van der Waals surface area contributed by atoms with Gasteiger partial charge in [-0.25, -0.2) is 0 Å². The summed E-state index contributed by atoms with van der Waals surface area (Å²) in [5, 5.41) is 0. The molecule has 0 aromatic rings. The van der Waals surface area contributed by atoms with Crippen LogP contribution < -0.4 is 0 Å². The molecule has 0 aliphatic rings. The Morgan fingerprint density at radius 3 is 0.784 bits per heavy atom. The molecule has 0 amide bonds. The van der Waals surface area contributed by atoms with Crippen LogP contribution in [0.5, 0.6) is 0 Å². The standard InChI is InChI=1S/C68H116O6/c1-4-7-10-13-16-19-22-25-28-31-34-37-40-43-46-49-52-55-58-61-67(70)73-64-65(63-72-66(69)60-57-54-51-48-45-42-39-36-33-30-27-24-21-18-15-12-9-6-3)74-68(71)62-59-56-53-50-47-44-41-38-35-32-29-26-23-20-17-14-11-8-5-2/h16-17,19-20,25-26,28-29,34-35,37-38,43-44,46-47,65H,4-15,18,21-24,27,30-33,36,39-42,45,48-64H2,1-3H3/b19-16+,20-17+,28-25+,29-26+,37-34+,38-35+,46-43+,47-44+/t65-/m1/s1. The van der Waals surface area contributed by atoms with Crippen molar-refractivity contribution in [2.75, 3.05) is 13.2 Å². The molecule has 74 heavy (non-hydrogen) atoms.